The van der Waals surface area contributed by atoms with E-state index in [0.29, 0.717) is 0 Å². The summed E-state index contributed by atoms with van der Waals surface area (Å²) in [5.74, 6) is 0. The van der Waals surface area contributed by atoms with Gasteiger partial charge >= 0.3 is 0 Å². The lowest BCUT2D eigenvalue weighted by molar-refractivity contribution is 0.223. The standard InChI is InChI=1S/C27H28BrN5S/c1-31-16-22(20-7-5-10-29-26(20)31)24-18-34-27(30-24)23-17-33(25-9-8-19(28)15-21(23)25)14-6-13-32-11-3-2-4-12-32/h5,7-10,15-18H,2-4,6,11-14H2,1H3. The van der Waals surface area contributed by atoms with Crippen molar-refractivity contribution in [3.05, 3.63) is 58.8 Å². The third kappa shape index (κ3) is 4.10. The van der Waals surface area contributed by atoms with E-state index in [2.05, 4.69) is 77.0 Å². The number of halogens is 1. The molecule has 5 aromatic rings. The van der Waals surface area contributed by atoms with Crippen molar-refractivity contribution in [1.29, 1.82) is 0 Å². The lowest BCUT2D eigenvalue weighted by Gasteiger charge is -2.26. The molecule has 1 aliphatic rings. The summed E-state index contributed by atoms with van der Waals surface area (Å²) in [7, 11) is 2.04. The lowest BCUT2D eigenvalue weighted by Crippen LogP contribution is -2.31. The molecule has 5 heterocycles. The van der Waals surface area contributed by atoms with Crippen LogP contribution >= 0.6 is 27.3 Å². The molecule has 1 saturated heterocycles. The van der Waals surface area contributed by atoms with Crippen LogP contribution in [0.15, 0.2) is 58.8 Å². The van der Waals surface area contributed by atoms with Gasteiger partial charge in [0, 0.05) is 69.5 Å². The van der Waals surface area contributed by atoms with Crippen LogP contribution in [-0.2, 0) is 13.6 Å². The molecule has 0 saturated carbocycles. The number of hydrogen-bond donors (Lipinski definition) is 0. The van der Waals surface area contributed by atoms with Crippen molar-refractivity contribution in [2.45, 2.75) is 32.2 Å². The van der Waals surface area contributed by atoms with E-state index in [4.69, 9.17) is 4.98 Å². The number of pyridine rings is 1. The average molecular weight is 535 g/mol. The fourth-order valence-corrected chi connectivity index (χ4v) is 6.42. The van der Waals surface area contributed by atoms with Crippen molar-refractivity contribution in [1.82, 2.24) is 24.0 Å². The number of benzene rings is 1. The van der Waals surface area contributed by atoms with E-state index < -0.39 is 0 Å². The molecule has 1 aliphatic heterocycles. The molecular weight excluding hydrogens is 506 g/mol. The van der Waals surface area contributed by atoms with Crippen molar-refractivity contribution in [3.8, 4) is 21.8 Å². The number of nitrogens with zero attached hydrogens (tertiary/aromatic N) is 5. The SMILES string of the molecule is Cn1cc(-c2csc(-c3cn(CCCN4CCCCC4)c4ccc(Br)cc34)n2)c2cccnc21. The highest BCUT2D eigenvalue weighted by Crippen LogP contribution is 2.37. The zero-order valence-electron chi connectivity index (χ0n) is 19.4. The van der Waals surface area contributed by atoms with Gasteiger partial charge in [-0.3, -0.25) is 0 Å². The molecule has 174 valence electrons. The quantitative estimate of drug-likeness (QED) is 0.237. The summed E-state index contributed by atoms with van der Waals surface area (Å²) in [6.45, 7) is 4.73. The topological polar surface area (TPSA) is 38.9 Å². The fraction of sp³-hybridized carbons (Fsp3) is 0.333. The van der Waals surface area contributed by atoms with E-state index >= 15 is 0 Å². The van der Waals surface area contributed by atoms with Crippen LogP contribution in [0, 0.1) is 0 Å². The zero-order valence-corrected chi connectivity index (χ0v) is 21.8. The number of thiazole rings is 1. The van der Waals surface area contributed by atoms with Crippen molar-refractivity contribution in [2.75, 3.05) is 19.6 Å². The van der Waals surface area contributed by atoms with Gasteiger partial charge in [-0.05, 0) is 69.2 Å². The van der Waals surface area contributed by atoms with E-state index in [0.717, 1.165) is 38.3 Å². The summed E-state index contributed by atoms with van der Waals surface area (Å²) >= 11 is 5.40. The van der Waals surface area contributed by atoms with Gasteiger partial charge in [0.15, 0.2) is 0 Å². The Bertz CT molecular complexity index is 1460. The number of hydrogen-bond acceptors (Lipinski definition) is 4. The first-order valence-electron chi connectivity index (χ1n) is 12.0. The second kappa shape index (κ2) is 9.29. The Morgan fingerprint density at radius 3 is 2.76 bits per heavy atom. The van der Waals surface area contributed by atoms with Gasteiger partial charge in [0.1, 0.15) is 10.7 Å². The van der Waals surface area contributed by atoms with Crippen LogP contribution in [0.2, 0.25) is 0 Å². The van der Waals surface area contributed by atoms with Gasteiger partial charge in [0.2, 0.25) is 0 Å². The van der Waals surface area contributed by atoms with Crippen LogP contribution in [-0.4, -0.2) is 43.6 Å². The van der Waals surface area contributed by atoms with E-state index in [9.17, 15) is 0 Å². The number of aromatic nitrogens is 4. The molecule has 0 atom stereocenters. The van der Waals surface area contributed by atoms with Crippen LogP contribution in [0.4, 0.5) is 0 Å². The molecule has 1 fully saturated rings. The van der Waals surface area contributed by atoms with Crippen LogP contribution in [0.1, 0.15) is 25.7 Å². The van der Waals surface area contributed by atoms with Gasteiger partial charge in [-0.25, -0.2) is 9.97 Å². The Morgan fingerprint density at radius 2 is 1.88 bits per heavy atom. The minimum Gasteiger partial charge on any atom is -0.347 e. The highest BCUT2D eigenvalue weighted by Gasteiger charge is 2.17. The minimum absolute atomic E-state index is 0.987. The second-order valence-corrected chi connectivity index (χ2v) is 11.0. The van der Waals surface area contributed by atoms with Gasteiger partial charge in [-0.2, -0.15) is 0 Å². The fourth-order valence-electron chi connectivity index (χ4n) is 5.21. The predicted octanol–water partition coefficient (Wildman–Crippen LogP) is 6.96. The summed E-state index contributed by atoms with van der Waals surface area (Å²) in [6.07, 6.45) is 11.6. The predicted molar refractivity (Wildman–Crippen MR) is 145 cm³/mol. The molecule has 0 amide bonds. The van der Waals surface area contributed by atoms with Gasteiger partial charge in [-0.15, -0.1) is 11.3 Å². The van der Waals surface area contributed by atoms with Gasteiger partial charge < -0.3 is 14.0 Å². The smallest absolute Gasteiger partial charge is 0.140 e. The van der Waals surface area contributed by atoms with Crippen molar-refractivity contribution >= 4 is 49.2 Å². The van der Waals surface area contributed by atoms with Gasteiger partial charge in [0.05, 0.1) is 5.69 Å². The number of piperidine rings is 1. The summed E-state index contributed by atoms with van der Waals surface area (Å²) in [5.41, 5.74) is 5.63. The minimum atomic E-state index is 0.987. The second-order valence-electron chi connectivity index (χ2n) is 9.22. The largest absolute Gasteiger partial charge is 0.347 e. The maximum absolute atomic E-state index is 5.10. The highest BCUT2D eigenvalue weighted by molar-refractivity contribution is 9.10. The molecule has 0 aliphatic carbocycles. The molecule has 1 aromatic carbocycles. The maximum atomic E-state index is 5.10. The Kier molecular flexibility index (Phi) is 6.01. The average Bonchev–Trinajstić information content (AvgIpc) is 3.56. The number of rotatable bonds is 6. The van der Waals surface area contributed by atoms with Crippen LogP contribution in [0.3, 0.4) is 0 Å². The Hall–Kier alpha value is -2.48. The first-order valence-corrected chi connectivity index (χ1v) is 13.7. The third-order valence-electron chi connectivity index (χ3n) is 6.91. The molecule has 7 heteroatoms. The van der Waals surface area contributed by atoms with Crippen molar-refractivity contribution in [3.63, 3.8) is 0 Å². The third-order valence-corrected chi connectivity index (χ3v) is 8.28. The highest BCUT2D eigenvalue weighted by atomic mass is 79.9. The summed E-state index contributed by atoms with van der Waals surface area (Å²) in [4.78, 5) is 12.3. The first-order chi connectivity index (χ1) is 16.7. The molecular formula is C27H28BrN5S. The van der Waals surface area contributed by atoms with Crippen LogP contribution < -0.4 is 0 Å². The summed E-state index contributed by atoms with van der Waals surface area (Å²) < 4.78 is 5.60. The lowest BCUT2D eigenvalue weighted by atomic mass is 10.1. The van der Waals surface area contributed by atoms with E-state index in [1.165, 1.54) is 61.8 Å². The van der Waals surface area contributed by atoms with Crippen molar-refractivity contribution < 1.29 is 0 Å². The molecule has 0 unspecified atom stereocenters. The Labute approximate surface area is 212 Å². The number of likely N-dealkylation sites (tertiary alicyclic amines) is 1. The van der Waals surface area contributed by atoms with Crippen molar-refractivity contribution in [2.24, 2.45) is 7.05 Å². The number of fused-ring (bicyclic) bond motifs is 2. The van der Waals surface area contributed by atoms with Gasteiger partial charge in [0.25, 0.3) is 0 Å². The molecule has 5 nitrogen and oxygen atoms in total. The normalized spacial score (nSPS) is 15.0. The molecule has 0 N–H and O–H groups in total. The van der Waals surface area contributed by atoms with E-state index in [-0.39, 0.29) is 0 Å². The Balaban J connectivity index is 1.32. The molecule has 34 heavy (non-hydrogen) atoms. The molecule has 0 bridgehead atoms. The Morgan fingerprint density at radius 1 is 1.00 bits per heavy atom. The van der Waals surface area contributed by atoms with Gasteiger partial charge in [-0.1, -0.05) is 22.4 Å². The van der Waals surface area contributed by atoms with Crippen LogP contribution in [0.25, 0.3) is 43.8 Å². The van der Waals surface area contributed by atoms with E-state index in [1.54, 1.807) is 11.3 Å². The van der Waals surface area contributed by atoms with E-state index in [1.807, 2.05) is 19.3 Å². The monoisotopic (exact) mass is 533 g/mol. The zero-order chi connectivity index (χ0) is 23.1. The molecule has 4 aromatic heterocycles. The maximum Gasteiger partial charge on any atom is 0.140 e. The number of aryl methyl sites for hydroxylation is 2. The molecule has 0 spiro atoms. The summed E-state index contributed by atoms with van der Waals surface area (Å²) in [6, 6.07) is 10.7. The molecule has 6 rings (SSSR count). The first kappa shape index (κ1) is 22.0. The summed E-state index contributed by atoms with van der Waals surface area (Å²) in [5, 5.41) is 5.64. The van der Waals surface area contributed by atoms with Crippen LogP contribution in [0.5, 0.6) is 0 Å². The molecule has 0 radical (unpaired) electrons.